The predicted molar refractivity (Wildman–Crippen MR) is 238 cm³/mol. The number of esters is 2. The normalized spacial score (nSPS) is 12.6. The summed E-state index contributed by atoms with van der Waals surface area (Å²) in [4.78, 5) is 115. The van der Waals surface area contributed by atoms with Crippen LogP contribution in [0.3, 0.4) is 0 Å². The maximum atomic E-state index is 13.6. The van der Waals surface area contributed by atoms with E-state index < -0.39 is 90.0 Å². The largest absolute Gasteiger partial charge is 0.461 e. The van der Waals surface area contributed by atoms with E-state index in [4.69, 9.17) is 19.9 Å². The molecule has 64 heavy (non-hydrogen) atoms. The Morgan fingerprint density at radius 2 is 1.19 bits per heavy atom. The molecule has 1 aromatic rings. The summed E-state index contributed by atoms with van der Waals surface area (Å²) in [7, 11) is 0. The van der Waals surface area contributed by atoms with E-state index in [1.54, 1.807) is 67.5 Å². The molecule has 20 heteroatoms. The number of benzene rings is 1. The number of primary amides is 1. The molecule has 0 bridgehead atoms. The van der Waals surface area contributed by atoms with Crippen molar-refractivity contribution in [1.82, 2.24) is 31.9 Å². The smallest absolute Gasteiger partial charge is 0.408 e. The first kappa shape index (κ1) is 56.2. The highest BCUT2D eigenvalue weighted by atomic mass is 16.6. The van der Waals surface area contributed by atoms with E-state index in [0.717, 1.165) is 19.4 Å². The molecule has 0 aliphatic carbocycles. The van der Waals surface area contributed by atoms with Crippen molar-refractivity contribution < 1.29 is 57.4 Å². The molecular formula is C44H72N8O12. The van der Waals surface area contributed by atoms with Crippen LogP contribution in [0.25, 0.3) is 0 Å². The standard InChI is InChI=1S/C44H72N8O12/c1-25(2)36(51-35(54)21-20-34(53)49-32(38(55)26(3)4)14-11-12-22-46-27(5)6)40(57)50-33(15-13-23-47-43(45)60)39(56)48-31-18-16-30(17-19-31)24-62-44(61)52-37(41(58)63-28(7)8)42(59)64-29(9)10/h16-19,25-29,32-33,36-37,46H,11-15,20-24H2,1-10H3,(H,48,56)(H,49,53)(H,50,57)(H,51,54)(H,52,61)(H3,45,47,60)/t32-,33-,36-/m0/s1. The molecule has 1 rings (SSSR count). The van der Waals surface area contributed by atoms with Crippen molar-refractivity contribution in [2.24, 2.45) is 17.6 Å². The van der Waals surface area contributed by atoms with Gasteiger partial charge in [-0.3, -0.25) is 29.3 Å². The number of carbonyl (C=O) groups excluding carboxylic acids is 9. The molecule has 9 N–H and O–H groups in total. The van der Waals surface area contributed by atoms with Gasteiger partial charge < -0.3 is 51.8 Å². The zero-order chi connectivity index (χ0) is 48.5. The fraction of sp³-hybridized carbons (Fsp3) is 0.659. The Hall–Kier alpha value is -5.79. The highest BCUT2D eigenvalue weighted by Crippen LogP contribution is 2.14. The molecule has 20 nitrogen and oxygen atoms in total. The van der Waals surface area contributed by atoms with Crippen LogP contribution in [0.15, 0.2) is 24.3 Å². The maximum Gasteiger partial charge on any atom is 0.408 e. The number of ether oxygens (including phenoxy) is 3. The highest BCUT2D eigenvalue weighted by molar-refractivity contribution is 6.02. The van der Waals surface area contributed by atoms with Gasteiger partial charge in [-0.05, 0) is 90.0 Å². The van der Waals surface area contributed by atoms with Crippen LogP contribution in [-0.2, 0) is 54.4 Å². The van der Waals surface area contributed by atoms with Crippen LogP contribution in [0.5, 0.6) is 0 Å². The summed E-state index contributed by atoms with van der Waals surface area (Å²) in [6, 6.07) is 1.06. The molecule has 0 spiro atoms. The van der Waals surface area contributed by atoms with Crippen molar-refractivity contribution in [3.63, 3.8) is 0 Å². The van der Waals surface area contributed by atoms with Crippen LogP contribution in [0.2, 0.25) is 0 Å². The Kier molecular flexibility index (Phi) is 26.0. The molecule has 0 heterocycles. The first-order valence-electron chi connectivity index (χ1n) is 21.9. The average Bonchev–Trinajstić information content (AvgIpc) is 3.19. The van der Waals surface area contributed by atoms with E-state index in [0.29, 0.717) is 23.7 Å². The lowest BCUT2D eigenvalue weighted by atomic mass is 9.97. The van der Waals surface area contributed by atoms with Gasteiger partial charge in [0.05, 0.1) is 18.2 Å². The number of hydrogen-bond acceptors (Lipinski definition) is 13. The molecule has 0 saturated heterocycles. The third-order valence-electron chi connectivity index (χ3n) is 9.20. The van der Waals surface area contributed by atoms with Crippen LogP contribution in [0.4, 0.5) is 15.3 Å². The Bertz CT molecular complexity index is 1680. The molecule has 0 aliphatic rings. The minimum atomic E-state index is -1.75. The topological polar surface area (TPSA) is 292 Å². The summed E-state index contributed by atoms with van der Waals surface area (Å²) in [6.45, 7) is 18.0. The molecule has 0 fully saturated rings. The van der Waals surface area contributed by atoms with Gasteiger partial charge >= 0.3 is 24.1 Å². The monoisotopic (exact) mass is 905 g/mol. The van der Waals surface area contributed by atoms with E-state index in [-0.39, 0.29) is 50.5 Å². The van der Waals surface area contributed by atoms with Crippen molar-refractivity contribution in [3.05, 3.63) is 29.8 Å². The second-order valence-electron chi connectivity index (χ2n) is 16.9. The van der Waals surface area contributed by atoms with Gasteiger partial charge in [-0.15, -0.1) is 0 Å². The van der Waals surface area contributed by atoms with Gasteiger partial charge in [0, 0.05) is 37.0 Å². The zero-order valence-corrected chi connectivity index (χ0v) is 39.1. The van der Waals surface area contributed by atoms with E-state index in [1.165, 1.54) is 12.1 Å². The van der Waals surface area contributed by atoms with Crippen molar-refractivity contribution in [3.8, 4) is 0 Å². The second kappa shape index (κ2) is 29.6. The van der Waals surface area contributed by atoms with Crippen molar-refractivity contribution in [1.29, 1.82) is 0 Å². The van der Waals surface area contributed by atoms with Crippen molar-refractivity contribution in [2.45, 2.75) is 163 Å². The van der Waals surface area contributed by atoms with Crippen LogP contribution < -0.4 is 43.0 Å². The van der Waals surface area contributed by atoms with Crippen LogP contribution >= 0.6 is 0 Å². The Labute approximate surface area is 376 Å². The van der Waals surface area contributed by atoms with Crippen LogP contribution in [0, 0.1) is 11.8 Å². The Morgan fingerprint density at radius 1 is 0.625 bits per heavy atom. The molecule has 7 amide bonds. The number of nitrogens with two attached hydrogens (primary N) is 1. The summed E-state index contributed by atoms with van der Waals surface area (Å²) in [5, 5.41) is 18.8. The Balaban J connectivity index is 2.95. The number of Topliss-reactive ketones (excluding diaryl/α,β-unsaturated/α-hetero) is 1. The minimum Gasteiger partial charge on any atom is -0.461 e. The number of alkyl carbamates (subject to hydrolysis) is 1. The molecule has 1 aromatic carbocycles. The first-order chi connectivity index (χ1) is 30.0. The van der Waals surface area contributed by atoms with Crippen molar-refractivity contribution in [2.75, 3.05) is 18.4 Å². The van der Waals surface area contributed by atoms with Gasteiger partial charge in [0.2, 0.25) is 29.7 Å². The number of amides is 7. The van der Waals surface area contributed by atoms with Gasteiger partial charge in [0.1, 0.15) is 18.7 Å². The molecule has 0 aromatic heterocycles. The molecule has 0 saturated carbocycles. The number of carbonyl (C=O) groups is 9. The molecule has 0 aliphatic heterocycles. The summed E-state index contributed by atoms with van der Waals surface area (Å²) in [5.74, 6) is -5.16. The average molecular weight is 905 g/mol. The number of anilines is 1. The zero-order valence-electron chi connectivity index (χ0n) is 39.1. The first-order valence-corrected chi connectivity index (χ1v) is 21.9. The summed E-state index contributed by atoms with van der Waals surface area (Å²) < 4.78 is 15.3. The number of urea groups is 1. The van der Waals surface area contributed by atoms with Gasteiger partial charge in [-0.25, -0.2) is 19.2 Å². The maximum absolute atomic E-state index is 13.6. The lowest BCUT2D eigenvalue weighted by Crippen LogP contribution is -2.54. The van der Waals surface area contributed by atoms with E-state index >= 15 is 0 Å². The van der Waals surface area contributed by atoms with E-state index in [2.05, 4.69) is 37.2 Å². The Morgan fingerprint density at radius 3 is 1.70 bits per heavy atom. The van der Waals surface area contributed by atoms with Crippen molar-refractivity contribution >= 4 is 59.2 Å². The predicted octanol–water partition coefficient (Wildman–Crippen LogP) is 2.86. The highest BCUT2D eigenvalue weighted by Gasteiger charge is 2.34. The van der Waals surface area contributed by atoms with Gasteiger partial charge in [-0.1, -0.05) is 53.7 Å². The number of nitrogens with one attached hydrogen (secondary N) is 7. The van der Waals surface area contributed by atoms with Gasteiger partial charge in [0.15, 0.2) is 5.78 Å². The summed E-state index contributed by atoms with van der Waals surface area (Å²) >= 11 is 0. The molecule has 360 valence electrons. The lowest BCUT2D eigenvalue weighted by molar-refractivity contribution is -0.162. The van der Waals surface area contributed by atoms with Gasteiger partial charge in [-0.2, -0.15) is 0 Å². The summed E-state index contributed by atoms with van der Waals surface area (Å²) in [6.07, 6.45) is -0.337. The molecular weight excluding hydrogens is 833 g/mol. The third kappa shape index (κ3) is 23.6. The lowest BCUT2D eigenvalue weighted by Gasteiger charge is -2.25. The third-order valence-corrected chi connectivity index (χ3v) is 9.20. The number of rotatable bonds is 29. The second-order valence-corrected chi connectivity index (χ2v) is 16.9. The molecule has 0 unspecified atom stereocenters. The fourth-order valence-electron chi connectivity index (χ4n) is 5.91. The van der Waals surface area contributed by atoms with Gasteiger partial charge in [0.25, 0.3) is 0 Å². The number of ketones is 1. The number of unbranched alkanes of at least 4 members (excludes halogenated alkanes) is 1. The SMILES string of the molecule is CC(C)NCCCC[C@H](NC(=O)CCC(=O)N[C@H](C(=O)N[C@@H](CCCNC(N)=O)C(=O)Nc1ccc(COC(=O)NC(C(=O)OC(C)C)C(=O)OC(C)C)cc1)C(C)C)C(=O)C(C)C. The van der Waals surface area contributed by atoms with E-state index in [1.807, 2.05) is 13.8 Å². The van der Waals surface area contributed by atoms with E-state index in [9.17, 15) is 43.2 Å². The molecule has 3 atom stereocenters. The number of hydrogen-bond donors (Lipinski definition) is 8. The molecule has 0 radical (unpaired) electrons. The fourth-order valence-corrected chi connectivity index (χ4v) is 5.91. The van der Waals surface area contributed by atoms with Crippen LogP contribution in [0.1, 0.15) is 120 Å². The quantitative estimate of drug-likeness (QED) is 0.0249. The summed E-state index contributed by atoms with van der Waals surface area (Å²) in [5.41, 5.74) is 5.97. The minimum absolute atomic E-state index is 0.0682. The van der Waals surface area contributed by atoms with Crippen LogP contribution in [-0.4, -0.2) is 109 Å².